The number of benzene rings is 1. The zero-order valence-electron chi connectivity index (χ0n) is 9.64. The van der Waals surface area contributed by atoms with Crippen molar-refractivity contribution in [3.63, 3.8) is 0 Å². The van der Waals surface area contributed by atoms with Crippen LogP contribution in [0, 0.1) is 11.6 Å². The number of imidazole rings is 1. The van der Waals surface area contributed by atoms with Gasteiger partial charge in [0.15, 0.2) is 0 Å². The van der Waals surface area contributed by atoms with Gasteiger partial charge in [-0.25, -0.2) is 13.6 Å². The molecule has 0 radical (unpaired) electrons. The first-order valence-electron chi connectivity index (χ1n) is 5.86. The number of hydrogen-bond acceptors (Lipinski definition) is 1. The Hall–Kier alpha value is -1.91. The third kappa shape index (κ3) is 1.96. The van der Waals surface area contributed by atoms with Crippen molar-refractivity contribution < 1.29 is 8.78 Å². The maximum Gasteiger partial charge on any atom is 0.328 e. The summed E-state index contributed by atoms with van der Waals surface area (Å²) >= 11 is 0. The monoisotopic (exact) mass is 250 g/mol. The SMILES string of the molecule is O=c1n(Cc2cc(F)ccc2F)ccn1C1CC1. The highest BCUT2D eigenvalue weighted by molar-refractivity contribution is 5.19. The summed E-state index contributed by atoms with van der Waals surface area (Å²) in [6.45, 7) is 0.0577. The summed E-state index contributed by atoms with van der Waals surface area (Å²) in [5.74, 6) is -0.997. The molecule has 0 unspecified atom stereocenters. The molecule has 0 aliphatic heterocycles. The topological polar surface area (TPSA) is 26.9 Å². The summed E-state index contributed by atoms with van der Waals surface area (Å²) in [4.78, 5) is 12.0. The maximum atomic E-state index is 13.5. The van der Waals surface area contributed by atoms with E-state index in [1.807, 2.05) is 0 Å². The summed E-state index contributed by atoms with van der Waals surface area (Å²) < 4.78 is 29.6. The van der Waals surface area contributed by atoms with Gasteiger partial charge in [0.05, 0.1) is 6.54 Å². The fourth-order valence-electron chi connectivity index (χ4n) is 2.03. The third-order valence-electron chi connectivity index (χ3n) is 3.16. The number of rotatable bonds is 3. The molecule has 94 valence electrons. The molecule has 0 amide bonds. The van der Waals surface area contributed by atoms with E-state index in [2.05, 4.69) is 0 Å². The molecule has 1 aliphatic carbocycles. The second-order valence-electron chi connectivity index (χ2n) is 4.58. The molecule has 0 saturated heterocycles. The van der Waals surface area contributed by atoms with Crippen molar-refractivity contribution in [1.82, 2.24) is 9.13 Å². The molecule has 1 aliphatic rings. The number of nitrogens with zero attached hydrogens (tertiary/aromatic N) is 2. The van der Waals surface area contributed by atoms with Crippen LogP contribution in [-0.2, 0) is 6.54 Å². The van der Waals surface area contributed by atoms with Gasteiger partial charge >= 0.3 is 5.69 Å². The molecule has 2 aromatic rings. The van der Waals surface area contributed by atoms with Gasteiger partial charge in [-0.05, 0) is 31.0 Å². The summed E-state index contributed by atoms with van der Waals surface area (Å²) in [5.41, 5.74) is 0.0202. The van der Waals surface area contributed by atoms with Gasteiger partial charge in [-0.3, -0.25) is 9.13 Å². The fourth-order valence-corrected chi connectivity index (χ4v) is 2.03. The van der Waals surface area contributed by atoms with Gasteiger partial charge in [0, 0.05) is 24.0 Å². The lowest BCUT2D eigenvalue weighted by atomic mass is 10.2. The Bertz CT molecular complexity index is 641. The van der Waals surface area contributed by atoms with Gasteiger partial charge in [0.25, 0.3) is 0 Å². The predicted octanol–water partition coefficient (Wildman–Crippen LogP) is 2.31. The first kappa shape index (κ1) is 11.2. The lowest BCUT2D eigenvalue weighted by molar-refractivity contribution is 0.570. The van der Waals surface area contributed by atoms with E-state index in [1.54, 1.807) is 17.0 Å². The molecule has 5 heteroatoms. The highest BCUT2D eigenvalue weighted by Gasteiger charge is 2.25. The van der Waals surface area contributed by atoms with E-state index in [4.69, 9.17) is 0 Å². The Morgan fingerprint density at radius 1 is 1.22 bits per heavy atom. The summed E-state index contributed by atoms with van der Waals surface area (Å²) in [6, 6.07) is 3.55. The highest BCUT2D eigenvalue weighted by atomic mass is 19.1. The fraction of sp³-hybridized carbons (Fsp3) is 0.308. The minimum atomic E-state index is -0.499. The van der Waals surface area contributed by atoms with Gasteiger partial charge in [0.1, 0.15) is 11.6 Å². The van der Waals surface area contributed by atoms with E-state index in [9.17, 15) is 13.6 Å². The lowest BCUT2D eigenvalue weighted by Gasteiger charge is -2.04. The Kier molecular flexibility index (Phi) is 2.54. The second kappa shape index (κ2) is 4.08. The van der Waals surface area contributed by atoms with E-state index in [-0.39, 0.29) is 23.8 Å². The third-order valence-corrected chi connectivity index (χ3v) is 3.16. The van der Waals surface area contributed by atoms with Crippen LogP contribution in [0.5, 0.6) is 0 Å². The number of aromatic nitrogens is 2. The lowest BCUT2D eigenvalue weighted by Crippen LogP contribution is -2.24. The average molecular weight is 250 g/mol. The molecule has 18 heavy (non-hydrogen) atoms. The van der Waals surface area contributed by atoms with E-state index >= 15 is 0 Å². The van der Waals surface area contributed by atoms with Crippen LogP contribution >= 0.6 is 0 Å². The van der Waals surface area contributed by atoms with E-state index < -0.39 is 11.6 Å². The number of hydrogen-bond donors (Lipinski definition) is 0. The highest BCUT2D eigenvalue weighted by Crippen LogP contribution is 2.33. The van der Waals surface area contributed by atoms with Crippen molar-refractivity contribution in [1.29, 1.82) is 0 Å². The quantitative estimate of drug-likeness (QED) is 0.821. The van der Waals surface area contributed by atoms with Gasteiger partial charge < -0.3 is 0 Å². The van der Waals surface area contributed by atoms with Crippen molar-refractivity contribution >= 4 is 0 Å². The first-order valence-corrected chi connectivity index (χ1v) is 5.86. The minimum Gasteiger partial charge on any atom is -0.296 e. The normalized spacial score (nSPS) is 15.0. The predicted molar refractivity (Wildman–Crippen MR) is 62.4 cm³/mol. The van der Waals surface area contributed by atoms with Crippen molar-refractivity contribution in [2.45, 2.75) is 25.4 Å². The van der Waals surface area contributed by atoms with Crippen molar-refractivity contribution in [2.75, 3.05) is 0 Å². The minimum absolute atomic E-state index is 0.0577. The van der Waals surface area contributed by atoms with Crippen molar-refractivity contribution in [3.05, 3.63) is 58.3 Å². The first-order chi connectivity index (χ1) is 8.65. The van der Waals surface area contributed by atoms with Crippen molar-refractivity contribution in [3.8, 4) is 0 Å². The molecule has 3 rings (SSSR count). The van der Waals surface area contributed by atoms with Crippen LogP contribution in [0.4, 0.5) is 8.78 Å². The van der Waals surface area contributed by atoms with Gasteiger partial charge in [-0.2, -0.15) is 0 Å². The van der Waals surface area contributed by atoms with Crippen LogP contribution in [0.3, 0.4) is 0 Å². The molecule has 1 aromatic carbocycles. The summed E-state index contributed by atoms with van der Waals surface area (Å²) in [5, 5.41) is 0. The van der Waals surface area contributed by atoms with Crippen LogP contribution in [0.15, 0.2) is 35.4 Å². The molecule has 0 bridgehead atoms. The molecule has 3 nitrogen and oxygen atoms in total. The Balaban J connectivity index is 1.92. The average Bonchev–Trinajstić information content (AvgIpc) is 3.11. The van der Waals surface area contributed by atoms with Crippen molar-refractivity contribution in [2.24, 2.45) is 0 Å². The zero-order chi connectivity index (χ0) is 12.7. The van der Waals surface area contributed by atoms with Gasteiger partial charge in [-0.15, -0.1) is 0 Å². The molecule has 1 aromatic heterocycles. The van der Waals surface area contributed by atoms with E-state index in [1.165, 1.54) is 4.57 Å². The largest absolute Gasteiger partial charge is 0.328 e. The molecule has 1 heterocycles. The van der Waals surface area contributed by atoms with E-state index in [0.717, 1.165) is 31.0 Å². The van der Waals surface area contributed by atoms with Gasteiger partial charge in [0.2, 0.25) is 0 Å². The Morgan fingerprint density at radius 2 is 2.00 bits per heavy atom. The summed E-state index contributed by atoms with van der Waals surface area (Å²) in [6.07, 6.45) is 5.35. The van der Waals surface area contributed by atoms with Crippen LogP contribution in [-0.4, -0.2) is 9.13 Å². The molecule has 0 spiro atoms. The summed E-state index contributed by atoms with van der Waals surface area (Å²) in [7, 11) is 0. The van der Waals surface area contributed by atoms with Gasteiger partial charge in [-0.1, -0.05) is 0 Å². The zero-order valence-corrected chi connectivity index (χ0v) is 9.64. The molecule has 0 atom stereocenters. The van der Waals surface area contributed by atoms with Crippen LogP contribution in [0.1, 0.15) is 24.4 Å². The molecular formula is C13H12F2N2O. The Labute approximate surface area is 102 Å². The smallest absolute Gasteiger partial charge is 0.296 e. The van der Waals surface area contributed by atoms with Crippen LogP contribution in [0.25, 0.3) is 0 Å². The maximum absolute atomic E-state index is 13.5. The van der Waals surface area contributed by atoms with E-state index in [0.29, 0.717) is 0 Å². The molecule has 1 fully saturated rings. The van der Waals surface area contributed by atoms with Crippen LogP contribution in [0.2, 0.25) is 0 Å². The molecule has 1 saturated carbocycles. The molecule has 0 N–H and O–H groups in total. The Morgan fingerprint density at radius 3 is 2.72 bits per heavy atom. The van der Waals surface area contributed by atoms with Crippen LogP contribution < -0.4 is 5.69 Å². The standard InChI is InChI=1S/C13H12F2N2O/c14-10-1-4-12(15)9(7-10)8-16-5-6-17(13(16)18)11-2-3-11/h1,4-7,11H,2-3,8H2. The number of halogens is 2. The second-order valence-corrected chi connectivity index (χ2v) is 4.58. The molecular weight excluding hydrogens is 238 g/mol.